The highest BCUT2D eigenvalue weighted by Crippen LogP contribution is 2.25. The molecule has 0 bridgehead atoms. The van der Waals surface area contributed by atoms with Crippen molar-refractivity contribution in [1.29, 1.82) is 0 Å². The van der Waals surface area contributed by atoms with E-state index in [0.717, 1.165) is 31.2 Å². The van der Waals surface area contributed by atoms with Crippen LogP contribution in [0.5, 0.6) is 0 Å². The first-order valence-electron chi connectivity index (χ1n) is 7.73. The molecule has 5 heteroatoms. The monoisotopic (exact) mass is 373 g/mol. The fourth-order valence-corrected chi connectivity index (χ4v) is 5.39. The standard InChI is InChI=1S/C16H24BrNO2S/c17-12-13-18(16-9-5-2-6-10-16)21(19,20)14-11-15-7-3-1-4-8-15/h1,3-4,7-8,16H,2,5-6,9-14H2. The maximum absolute atomic E-state index is 12.7. The highest BCUT2D eigenvalue weighted by Gasteiger charge is 2.30. The molecule has 1 aromatic carbocycles. The van der Waals surface area contributed by atoms with Crippen molar-refractivity contribution in [3.8, 4) is 0 Å². The Morgan fingerprint density at radius 2 is 1.76 bits per heavy atom. The van der Waals surface area contributed by atoms with Gasteiger partial charge in [0, 0.05) is 17.9 Å². The van der Waals surface area contributed by atoms with E-state index in [9.17, 15) is 8.42 Å². The van der Waals surface area contributed by atoms with Crippen LogP contribution in [-0.4, -0.2) is 36.4 Å². The molecule has 1 aliphatic carbocycles. The molecule has 0 saturated heterocycles. The summed E-state index contributed by atoms with van der Waals surface area (Å²) in [6, 6.07) is 10.1. The molecule has 0 spiro atoms. The molecule has 0 N–H and O–H groups in total. The Bertz CT molecular complexity index is 512. The average Bonchev–Trinajstić information content (AvgIpc) is 2.52. The number of hydrogen-bond acceptors (Lipinski definition) is 2. The van der Waals surface area contributed by atoms with E-state index < -0.39 is 10.0 Å². The Hall–Kier alpha value is -0.390. The Kier molecular flexibility index (Phi) is 6.71. The molecular formula is C16H24BrNO2S. The van der Waals surface area contributed by atoms with Crippen LogP contribution < -0.4 is 0 Å². The van der Waals surface area contributed by atoms with Crippen LogP contribution in [0.2, 0.25) is 0 Å². The molecule has 0 aliphatic heterocycles. The van der Waals surface area contributed by atoms with Gasteiger partial charge in [-0.1, -0.05) is 65.5 Å². The maximum Gasteiger partial charge on any atom is 0.214 e. The minimum absolute atomic E-state index is 0.206. The summed E-state index contributed by atoms with van der Waals surface area (Å²) in [5.74, 6) is 0.209. The first-order valence-corrected chi connectivity index (χ1v) is 10.5. The number of halogens is 1. The van der Waals surface area contributed by atoms with E-state index in [2.05, 4.69) is 15.9 Å². The molecule has 1 aliphatic rings. The minimum Gasteiger partial charge on any atom is -0.212 e. The normalized spacial score (nSPS) is 17.2. The molecule has 0 unspecified atom stereocenters. The Balaban J connectivity index is 2.02. The first-order chi connectivity index (χ1) is 10.1. The fourth-order valence-electron chi connectivity index (χ4n) is 3.01. The summed E-state index contributed by atoms with van der Waals surface area (Å²) >= 11 is 3.40. The lowest BCUT2D eigenvalue weighted by Crippen LogP contribution is -2.43. The van der Waals surface area contributed by atoms with Crippen molar-refractivity contribution < 1.29 is 8.42 Å². The van der Waals surface area contributed by atoms with Gasteiger partial charge < -0.3 is 0 Å². The minimum atomic E-state index is -3.18. The van der Waals surface area contributed by atoms with Crippen LogP contribution in [0.1, 0.15) is 37.7 Å². The SMILES string of the molecule is O=S(=O)(CCc1ccccc1)N(CCBr)C1CCCCC1. The maximum atomic E-state index is 12.7. The second kappa shape index (κ2) is 8.30. The summed E-state index contributed by atoms with van der Waals surface area (Å²) in [6.07, 6.45) is 6.15. The van der Waals surface area contributed by atoms with Crippen LogP contribution in [0.3, 0.4) is 0 Å². The van der Waals surface area contributed by atoms with Gasteiger partial charge in [0.1, 0.15) is 0 Å². The lowest BCUT2D eigenvalue weighted by atomic mass is 9.95. The third-order valence-electron chi connectivity index (χ3n) is 4.14. The second-order valence-electron chi connectivity index (χ2n) is 5.64. The van der Waals surface area contributed by atoms with E-state index in [1.165, 1.54) is 6.42 Å². The molecule has 118 valence electrons. The largest absolute Gasteiger partial charge is 0.214 e. The lowest BCUT2D eigenvalue weighted by molar-refractivity contribution is 0.263. The molecule has 3 nitrogen and oxygen atoms in total. The van der Waals surface area contributed by atoms with Gasteiger partial charge in [0.15, 0.2) is 0 Å². The van der Waals surface area contributed by atoms with Gasteiger partial charge in [0.05, 0.1) is 5.75 Å². The van der Waals surface area contributed by atoms with Crippen molar-refractivity contribution >= 4 is 26.0 Å². The summed E-state index contributed by atoms with van der Waals surface area (Å²) in [6.45, 7) is 0.585. The number of alkyl halides is 1. The van der Waals surface area contributed by atoms with Crippen molar-refractivity contribution in [2.75, 3.05) is 17.6 Å². The molecule has 0 aromatic heterocycles. The number of sulfonamides is 1. The molecule has 0 radical (unpaired) electrons. The van der Waals surface area contributed by atoms with Crippen LogP contribution in [-0.2, 0) is 16.4 Å². The van der Waals surface area contributed by atoms with Gasteiger partial charge in [-0.3, -0.25) is 0 Å². The van der Waals surface area contributed by atoms with Gasteiger partial charge in [-0.2, -0.15) is 4.31 Å². The molecule has 2 rings (SSSR count). The van der Waals surface area contributed by atoms with Crippen molar-refractivity contribution in [3.05, 3.63) is 35.9 Å². The zero-order valence-corrected chi connectivity index (χ0v) is 14.8. The lowest BCUT2D eigenvalue weighted by Gasteiger charge is -2.33. The van der Waals surface area contributed by atoms with Gasteiger partial charge in [0.2, 0.25) is 10.0 Å². The predicted octanol–water partition coefficient (Wildman–Crippen LogP) is 3.59. The molecule has 1 aromatic rings. The molecule has 0 amide bonds. The van der Waals surface area contributed by atoms with Gasteiger partial charge >= 0.3 is 0 Å². The summed E-state index contributed by atoms with van der Waals surface area (Å²) in [5, 5.41) is 0.702. The molecule has 0 atom stereocenters. The van der Waals surface area contributed by atoms with Crippen molar-refractivity contribution in [2.45, 2.75) is 44.6 Å². The van der Waals surface area contributed by atoms with Crippen LogP contribution >= 0.6 is 15.9 Å². The fraction of sp³-hybridized carbons (Fsp3) is 0.625. The van der Waals surface area contributed by atoms with Crippen LogP contribution in [0, 0.1) is 0 Å². The second-order valence-corrected chi connectivity index (χ2v) is 8.48. The number of rotatable bonds is 7. The van der Waals surface area contributed by atoms with Gasteiger partial charge in [-0.05, 0) is 24.8 Å². The highest BCUT2D eigenvalue weighted by molar-refractivity contribution is 9.09. The predicted molar refractivity (Wildman–Crippen MR) is 91.3 cm³/mol. The Morgan fingerprint density at radius 3 is 2.38 bits per heavy atom. The summed E-state index contributed by atoms with van der Waals surface area (Å²) in [7, 11) is -3.18. The summed E-state index contributed by atoms with van der Waals surface area (Å²) < 4.78 is 27.2. The highest BCUT2D eigenvalue weighted by atomic mass is 79.9. The average molecular weight is 374 g/mol. The smallest absolute Gasteiger partial charge is 0.212 e. The van der Waals surface area contributed by atoms with Crippen molar-refractivity contribution in [1.82, 2.24) is 4.31 Å². The summed E-state index contributed by atoms with van der Waals surface area (Å²) in [4.78, 5) is 0. The quantitative estimate of drug-likeness (QED) is 0.684. The van der Waals surface area contributed by atoms with E-state index in [0.29, 0.717) is 18.3 Å². The number of aryl methyl sites for hydroxylation is 1. The zero-order valence-electron chi connectivity index (χ0n) is 12.4. The number of nitrogens with zero attached hydrogens (tertiary/aromatic N) is 1. The first kappa shape index (κ1) is 17.0. The third-order valence-corrected chi connectivity index (χ3v) is 6.41. The summed E-state index contributed by atoms with van der Waals surface area (Å²) in [5.41, 5.74) is 1.09. The van der Waals surface area contributed by atoms with E-state index in [1.54, 1.807) is 4.31 Å². The zero-order chi connectivity index (χ0) is 15.1. The molecule has 1 saturated carbocycles. The van der Waals surface area contributed by atoms with E-state index in [-0.39, 0.29) is 11.8 Å². The molecule has 21 heavy (non-hydrogen) atoms. The van der Waals surface area contributed by atoms with E-state index in [1.807, 2.05) is 30.3 Å². The van der Waals surface area contributed by atoms with Gasteiger partial charge in [-0.15, -0.1) is 0 Å². The topological polar surface area (TPSA) is 37.4 Å². The van der Waals surface area contributed by atoms with E-state index >= 15 is 0 Å². The number of hydrogen-bond donors (Lipinski definition) is 0. The Morgan fingerprint density at radius 1 is 1.10 bits per heavy atom. The molecule has 0 heterocycles. The third kappa shape index (κ3) is 5.08. The van der Waals surface area contributed by atoms with Crippen molar-refractivity contribution in [2.24, 2.45) is 0 Å². The molecule has 1 fully saturated rings. The Labute approximate surface area is 136 Å². The van der Waals surface area contributed by atoms with Gasteiger partial charge in [-0.25, -0.2) is 8.42 Å². The molecular weight excluding hydrogens is 350 g/mol. The van der Waals surface area contributed by atoms with Crippen molar-refractivity contribution in [3.63, 3.8) is 0 Å². The van der Waals surface area contributed by atoms with Crippen LogP contribution in [0.25, 0.3) is 0 Å². The van der Waals surface area contributed by atoms with E-state index in [4.69, 9.17) is 0 Å². The van der Waals surface area contributed by atoms with Crippen LogP contribution in [0.15, 0.2) is 30.3 Å². The van der Waals surface area contributed by atoms with Crippen LogP contribution in [0.4, 0.5) is 0 Å². The van der Waals surface area contributed by atoms with Gasteiger partial charge in [0.25, 0.3) is 0 Å². The number of benzene rings is 1.